The first-order chi connectivity index (χ1) is 9.21. The third-order valence-corrected chi connectivity index (χ3v) is 4.47. The number of hydrogen-bond acceptors (Lipinski definition) is 3. The molecule has 0 aromatic carbocycles. The zero-order valence-corrected chi connectivity index (χ0v) is 13.6. The van der Waals surface area contributed by atoms with E-state index in [1.165, 1.54) is 12.8 Å². The van der Waals surface area contributed by atoms with Gasteiger partial charge in [0.05, 0.1) is 18.2 Å². The minimum Gasteiger partial charge on any atom is -0.444 e. The first-order valence-corrected chi connectivity index (χ1v) is 7.81. The normalized spacial score (nSPS) is 34.2. The number of hydrogen-bond donors (Lipinski definition) is 0. The lowest BCUT2D eigenvalue weighted by atomic mass is 9.77. The zero-order valence-electron chi connectivity index (χ0n) is 13.6. The molecule has 2 rings (SSSR count). The van der Waals surface area contributed by atoms with Gasteiger partial charge in [0.1, 0.15) is 5.60 Å². The van der Waals surface area contributed by atoms with Crippen LogP contribution in [-0.2, 0) is 9.47 Å². The summed E-state index contributed by atoms with van der Waals surface area (Å²) >= 11 is 0. The van der Waals surface area contributed by atoms with Gasteiger partial charge in [-0.15, -0.1) is 0 Å². The maximum atomic E-state index is 12.1. The maximum Gasteiger partial charge on any atom is 0.410 e. The van der Waals surface area contributed by atoms with Gasteiger partial charge in [0.15, 0.2) is 0 Å². The van der Waals surface area contributed by atoms with Gasteiger partial charge in [-0.05, 0) is 46.0 Å². The van der Waals surface area contributed by atoms with Crippen LogP contribution in [0, 0.1) is 5.92 Å². The van der Waals surface area contributed by atoms with E-state index in [1.54, 1.807) is 4.90 Å². The molecule has 4 heteroatoms. The summed E-state index contributed by atoms with van der Waals surface area (Å²) in [6.07, 6.45) is 5.52. The molecule has 116 valence electrons. The van der Waals surface area contributed by atoms with Gasteiger partial charge in [-0.2, -0.15) is 0 Å². The fraction of sp³-hybridized carbons (Fsp3) is 0.938. The molecule has 0 bridgehead atoms. The van der Waals surface area contributed by atoms with Crippen LogP contribution in [0.1, 0.15) is 59.8 Å². The van der Waals surface area contributed by atoms with Crippen molar-refractivity contribution in [1.29, 1.82) is 0 Å². The molecule has 1 aliphatic carbocycles. The average Bonchev–Trinajstić information content (AvgIpc) is 2.69. The van der Waals surface area contributed by atoms with E-state index in [-0.39, 0.29) is 17.7 Å². The van der Waals surface area contributed by atoms with Gasteiger partial charge in [0, 0.05) is 7.05 Å². The van der Waals surface area contributed by atoms with Crippen LogP contribution in [-0.4, -0.2) is 41.9 Å². The first kappa shape index (κ1) is 15.6. The Labute approximate surface area is 122 Å². The van der Waals surface area contributed by atoms with Crippen LogP contribution >= 0.6 is 0 Å². The van der Waals surface area contributed by atoms with Crippen LogP contribution in [0.5, 0.6) is 0 Å². The highest BCUT2D eigenvalue weighted by Gasteiger charge is 2.45. The van der Waals surface area contributed by atoms with Crippen molar-refractivity contribution in [2.45, 2.75) is 77.0 Å². The second kappa shape index (κ2) is 5.55. The van der Waals surface area contributed by atoms with Crippen molar-refractivity contribution >= 4 is 6.09 Å². The molecule has 0 N–H and O–H groups in total. The van der Waals surface area contributed by atoms with Crippen molar-refractivity contribution in [3.63, 3.8) is 0 Å². The average molecular weight is 283 g/mol. The van der Waals surface area contributed by atoms with Crippen LogP contribution in [0.2, 0.25) is 0 Å². The Morgan fingerprint density at radius 3 is 2.65 bits per heavy atom. The van der Waals surface area contributed by atoms with E-state index in [4.69, 9.17) is 9.47 Å². The van der Waals surface area contributed by atoms with Gasteiger partial charge in [-0.25, -0.2) is 4.79 Å². The largest absolute Gasteiger partial charge is 0.444 e. The van der Waals surface area contributed by atoms with Crippen LogP contribution in [0.15, 0.2) is 0 Å². The van der Waals surface area contributed by atoms with Crippen molar-refractivity contribution in [2.75, 3.05) is 13.7 Å². The third kappa shape index (κ3) is 3.66. The summed E-state index contributed by atoms with van der Waals surface area (Å²) in [7, 11) is 1.83. The van der Waals surface area contributed by atoms with E-state index < -0.39 is 5.60 Å². The molecule has 0 unspecified atom stereocenters. The molecular weight excluding hydrogens is 254 g/mol. The predicted molar refractivity (Wildman–Crippen MR) is 78.7 cm³/mol. The van der Waals surface area contributed by atoms with Crippen molar-refractivity contribution in [1.82, 2.24) is 4.90 Å². The predicted octanol–water partition coefficient (Wildman–Crippen LogP) is 3.59. The Hall–Kier alpha value is -0.770. The van der Waals surface area contributed by atoms with Gasteiger partial charge < -0.3 is 14.4 Å². The smallest absolute Gasteiger partial charge is 0.410 e. The van der Waals surface area contributed by atoms with Gasteiger partial charge in [-0.1, -0.05) is 19.8 Å². The zero-order chi connectivity index (χ0) is 15.0. The van der Waals surface area contributed by atoms with Gasteiger partial charge in [0.2, 0.25) is 0 Å². The molecule has 1 saturated carbocycles. The Kier molecular flexibility index (Phi) is 4.33. The Bertz CT molecular complexity index is 363. The van der Waals surface area contributed by atoms with Crippen LogP contribution < -0.4 is 0 Å². The summed E-state index contributed by atoms with van der Waals surface area (Å²) < 4.78 is 11.6. The number of amides is 1. The second-order valence-electron chi connectivity index (χ2n) is 7.64. The summed E-state index contributed by atoms with van der Waals surface area (Å²) in [5.41, 5.74) is -0.430. The van der Waals surface area contributed by atoms with E-state index in [0.29, 0.717) is 6.61 Å². The minimum atomic E-state index is -0.443. The molecule has 1 aliphatic heterocycles. The van der Waals surface area contributed by atoms with Crippen LogP contribution in [0.4, 0.5) is 4.79 Å². The first-order valence-electron chi connectivity index (χ1n) is 7.81. The summed E-state index contributed by atoms with van der Waals surface area (Å²) in [5.74, 6) is 0.731. The molecule has 0 aromatic rings. The maximum absolute atomic E-state index is 12.1. The van der Waals surface area contributed by atoms with Crippen molar-refractivity contribution in [3.8, 4) is 0 Å². The number of rotatable bonds is 1. The SMILES string of the molecule is C[C@@H]1CCC[C@]2(C1)C[C@H](N(C)C(=O)OC(C)(C)C)CO2. The molecule has 20 heavy (non-hydrogen) atoms. The van der Waals surface area contributed by atoms with Crippen molar-refractivity contribution in [3.05, 3.63) is 0 Å². The number of nitrogens with zero attached hydrogens (tertiary/aromatic N) is 1. The highest BCUT2D eigenvalue weighted by molar-refractivity contribution is 5.68. The number of likely N-dealkylation sites (N-methyl/N-ethyl adjacent to an activating group) is 1. The summed E-state index contributed by atoms with van der Waals surface area (Å²) in [5, 5.41) is 0. The monoisotopic (exact) mass is 283 g/mol. The second-order valence-corrected chi connectivity index (χ2v) is 7.64. The molecule has 0 aromatic heterocycles. The fourth-order valence-corrected chi connectivity index (χ4v) is 3.48. The van der Waals surface area contributed by atoms with Gasteiger partial charge in [-0.3, -0.25) is 0 Å². The Balaban J connectivity index is 1.93. The van der Waals surface area contributed by atoms with Crippen molar-refractivity contribution < 1.29 is 14.3 Å². The Morgan fingerprint density at radius 2 is 2.05 bits per heavy atom. The number of ether oxygens (including phenoxy) is 2. The molecule has 1 spiro atoms. The lowest BCUT2D eigenvalue weighted by Crippen LogP contribution is -2.42. The van der Waals surface area contributed by atoms with Gasteiger partial charge >= 0.3 is 6.09 Å². The molecule has 1 saturated heterocycles. The van der Waals surface area contributed by atoms with E-state index in [1.807, 2.05) is 27.8 Å². The highest BCUT2D eigenvalue weighted by atomic mass is 16.6. The number of carbonyl (C=O) groups excluding carboxylic acids is 1. The fourth-order valence-electron chi connectivity index (χ4n) is 3.48. The quantitative estimate of drug-likeness (QED) is 0.738. The van der Waals surface area contributed by atoms with E-state index >= 15 is 0 Å². The molecule has 1 heterocycles. The summed E-state index contributed by atoms with van der Waals surface area (Å²) in [6, 6.07) is 0.148. The molecule has 4 nitrogen and oxygen atoms in total. The summed E-state index contributed by atoms with van der Waals surface area (Å²) in [6.45, 7) is 8.63. The third-order valence-electron chi connectivity index (χ3n) is 4.47. The topological polar surface area (TPSA) is 38.8 Å². The Morgan fingerprint density at radius 1 is 1.35 bits per heavy atom. The van der Waals surface area contributed by atoms with E-state index in [9.17, 15) is 4.79 Å². The molecule has 0 radical (unpaired) electrons. The standard InChI is InChI=1S/C16H29NO3/c1-12-7-6-8-16(9-12)10-13(11-19-16)17(5)14(18)20-15(2,3)4/h12-13H,6-11H2,1-5H3/t12-,13+,16+/m1/s1. The van der Waals surface area contributed by atoms with Gasteiger partial charge in [0.25, 0.3) is 0 Å². The molecule has 2 fully saturated rings. The number of carbonyl (C=O) groups is 1. The minimum absolute atomic E-state index is 0.0125. The van der Waals surface area contributed by atoms with E-state index in [2.05, 4.69) is 6.92 Å². The van der Waals surface area contributed by atoms with Crippen molar-refractivity contribution in [2.24, 2.45) is 5.92 Å². The van der Waals surface area contributed by atoms with E-state index in [0.717, 1.165) is 25.2 Å². The summed E-state index contributed by atoms with van der Waals surface area (Å²) in [4.78, 5) is 13.9. The molecular formula is C16H29NO3. The lowest BCUT2D eigenvalue weighted by Gasteiger charge is -2.36. The molecule has 2 aliphatic rings. The van der Waals surface area contributed by atoms with Crippen LogP contribution in [0.25, 0.3) is 0 Å². The molecule has 3 atom stereocenters. The lowest BCUT2D eigenvalue weighted by molar-refractivity contribution is -0.0386. The van der Waals surface area contributed by atoms with Crippen LogP contribution in [0.3, 0.4) is 0 Å². The highest BCUT2D eigenvalue weighted by Crippen LogP contribution is 2.42. The molecule has 1 amide bonds.